The molecule has 0 aliphatic heterocycles. The molecule has 0 aromatic heterocycles. The maximum atomic E-state index is 13.8. The molecule has 0 atom stereocenters. The van der Waals surface area contributed by atoms with Crippen LogP contribution in [-0.2, 0) is 6.54 Å². The van der Waals surface area contributed by atoms with Crippen LogP contribution in [-0.4, -0.2) is 23.0 Å². The van der Waals surface area contributed by atoms with E-state index in [4.69, 9.17) is 0 Å². The number of hydrogen-bond donors (Lipinski definition) is 1. The van der Waals surface area contributed by atoms with Gasteiger partial charge < -0.3 is 10.0 Å². The molecule has 110 valence electrons. The number of benzene rings is 2. The van der Waals surface area contributed by atoms with Crippen molar-refractivity contribution < 1.29 is 18.7 Å². The first kappa shape index (κ1) is 15.4. The molecular formula is C15H12BrF2NO2. The first-order valence-electron chi connectivity index (χ1n) is 6.06. The molecule has 3 nitrogen and oxygen atoms in total. The summed E-state index contributed by atoms with van der Waals surface area (Å²) < 4.78 is 27.8. The van der Waals surface area contributed by atoms with Crippen molar-refractivity contribution in [1.82, 2.24) is 4.90 Å². The Kier molecular flexibility index (Phi) is 4.57. The molecule has 6 heteroatoms. The Morgan fingerprint density at radius 2 is 1.86 bits per heavy atom. The molecule has 1 amide bonds. The SMILES string of the molecule is CN(Cc1cccc(O)c1)C(=O)c1c(F)cc(Br)cc1F. The molecule has 0 saturated carbocycles. The van der Waals surface area contributed by atoms with E-state index in [2.05, 4.69) is 15.9 Å². The second-order valence-electron chi connectivity index (χ2n) is 4.58. The lowest BCUT2D eigenvalue weighted by molar-refractivity contribution is 0.0775. The standard InChI is InChI=1S/C15H12BrF2NO2/c1-19(8-9-3-2-4-11(20)5-9)15(21)14-12(17)6-10(16)7-13(14)18/h2-7,20H,8H2,1H3. The molecule has 0 aliphatic carbocycles. The second kappa shape index (κ2) is 6.22. The van der Waals surface area contributed by atoms with Crippen molar-refractivity contribution in [2.24, 2.45) is 0 Å². The zero-order valence-electron chi connectivity index (χ0n) is 11.1. The minimum atomic E-state index is -0.922. The normalized spacial score (nSPS) is 10.5. The van der Waals surface area contributed by atoms with Gasteiger partial charge in [0.1, 0.15) is 22.9 Å². The van der Waals surface area contributed by atoms with Crippen LogP contribution in [0.1, 0.15) is 15.9 Å². The van der Waals surface area contributed by atoms with Gasteiger partial charge in [-0.25, -0.2) is 8.78 Å². The fraction of sp³-hybridized carbons (Fsp3) is 0.133. The Morgan fingerprint density at radius 1 is 1.24 bits per heavy atom. The van der Waals surface area contributed by atoms with E-state index in [1.807, 2.05) is 0 Å². The van der Waals surface area contributed by atoms with Crippen molar-refractivity contribution in [3.63, 3.8) is 0 Å². The first-order valence-corrected chi connectivity index (χ1v) is 6.85. The van der Waals surface area contributed by atoms with Gasteiger partial charge in [-0.2, -0.15) is 0 Å². The van der Waals surface area contributed by atoms with Crippen LogP contribution in [0.15, 0.2) is 40.9 Å². The van der Waals surface area contributed by atoms with Gasteiger partial charge in [-0.3, -0.25) is 4.79 Å². The van der Waals surface area contributed by atoms with E-state index in [-0.39, 0.29) is 16.8 Å². The van der Waals surface area contributed by atoms with Gasteiger partial charge in [-0.15, -0.1) is 0 Å². The van der Waals surface area contributed by atoms with E-state index in [0.717, 1.165) is 12.1 Å². The highest BCUT2D eigenvalue weighted by Crippen LogP contribution is 2.21. The lowest BCUT2D eigenvalue weighted by Gasteiger charge is -2.18. The maximum absolute atomic E-state index is 13.8. The average molecular weight is 356 g/mol. The molecule has 2 aromatic rings. The molecule has 21 heavy (non-hydrogen) atoms. The van der Waals surface area contributed by atoms with E-state index in [0.29, 0.717) is 5.56 Å². The average Bonchev–Trinajstić information content (AvgIpc) is 2.37. The van der Waals surface area contributed by atoms with Crippen LogP contribution in [0.25, 0.3) is 0 Å². The number of phenolic OH excluding ortho intramolecular Hbond substituents is 1. The summed E-state index contributed by atoms with van der Waals surface area (Å²) in [5, 5.41) is 9.37. The third-order valence-electron chi connectivity index (χ3n) is 2.90. The summed E-state index contributed by atoms with van der Waals surface area (Å²) in [6, 6.07) is 8.40. The van der Waals surface area contributed by atoms with Gasteiger partial charge in [0, 0.05) is 18.1 Å². The van der Waals surface area contributed by atoms with E-state index < -0.39 is 23.1 Å². The Morgan fingerprint density at radius 3 is 2.43 bits per heavy atom. The molecule has 0 aliphatic rings. The van der Waals surface area contributed by atoms with Gasteiger partial charge >= 0.3 is 0 Å². The summed E-state index contributed by atoms with van der Waals surface area (Å²) in [5.41, 5.74) is 0.0598. The van der Waals surface area contributed by atoms with E-state index in [9.17, 15) is 18.7 Å². The monoisotopic (exact) mass is 355 g/mol. The topological polar surface area (TPSA) is 40.5 Å². The predicted molar refractivity (Wildman–Crippen MR) is 78.0 cm³/mol. The minimum absolute atomic E-state index is 0.0642. The van der Waals surface area contributed by atoms with Crippen molar-refractivity contribution in [3.8, 4) is 5.75 Å². The largest absolute Gasteiger partial charge is 0.508 e. The van der Waals surface area contributed by atoms with Crippen LogP contribution in [0.4, 0.5) is 8.78 Å². The van der Waals surface area contributed by atoms with Crippen molar-refractivity contribution in [2.45, 2.75) is 6.54 Å². The number of amides is 1. The summed E-state index contributed by atoms with van der Waals surface area (Å²) in [6.07, 6.45) is 0. The number of aromatic hydroxyl groups is 1. The zero-order valence-corrected chi connectivity index (χ0v) is 12.7. The maximum Gasteiger partial charge on any atom is 0.259 e. The molecule has 1 N–H and O–H groups in total. The zero-order chi connectivity index (χ0) is 15.6. The summed E-state index contributed by atoms with van der Waals surface area (Å²) in [7, 11) is 1.44. The fourth-order valence-corrected chi connectivity index (χ4v) is 2.34. The number of carbonyl (C=O) groups is 1. The predicted octanol–water partition coefficient (Wildman–Crippen LogP) is 3.71. The molecule has 2 rings (SSSR count). The van der Waals surface area contributed by atoms with Gasteiger partial charge in [-0.1, -0.05) is 28.1 Å². The molecule has 0 fully saturated rings. The van der Waals surface area contributed by atoms with E-state index in [1.54, 1.807) is 12.1 Å². The molecule has 0 heterocycles. The van der Waals surface area contributed by atoms with Crippen LogP contribution < -0.4 is 0 Å². The summed E-state index contributed by atoms with van der Waals surface area (Å²) in [5.74, 6) is -2.54. The smallest absolute Gasteiger partial charge is 0.259 e. The molecule has 0 saturated heterocycles. The van der Waals surface area contributed by atoms with Crippen molar-refractivity contribution in [3.05, 3.63) is 63.6 Å². The van der Waals surface area contributed by atoms with Crippen LogP contribution >= 0.6 is 15.9 Å². The Labute approximate surface area is 128 Å². The molecular weight excluding hydrogens is 344 g/mol. The lowest BCUT2D eigenvalue weighted by Crippen LogP contribution is -2.28. The summed E-state index contributed by atoms with van der Waals surface area (Å²) in [6.45, 7) is 0.127. The van der Waals surface area contributed by atoms with Crippen molar-refractivity contribution in [1.29, 1.82) is 0 Å². The van der Waals surface area contributed by atoms with E-state index in [1.165, 1.54) is 24.1 Å². The highest BCUT2D eigenvalue weighted by molar-refractivity contribution is 9.10. The van der Waals surface area contributed by atoms with Gasteiger partial charge in [0.2, 0.25) is 0 Å². The van der Waals surface area contributed by atoms with Gasteiger partial charge in [0.25, 0.3) is 5.91 Å². The van der Waals surface area contributed by atoms with Crippen molar-refractivity contribution in [2.75, 3.05) is 7.05 Å². The third-order valence-corrected chi connectivity index (χ3v) is 3.36. The van der Waals surface area contributed by atoms with Gasteiger partial charge in [0.05, 0.1) is 0 Å². The van der Waals surface area contributed by atoms with E-state index >= 15 is 0 Å². The van der Waals surface area contributed by atoms with Crippen LogP contribution in [0.2, 0.25) is 0 Å². The molecule has 2 aromatic carbocycles. The second-order valence-corrected chi connectivity index (χ2v) is 5.49. The highest BCUT2D eigenvalue weighted by atomic mass is 79.9. The number of nitrogens with zero attached hydrogens (tertiary/aromatic N) is 1. The van der Waals surface area contributed by atoms with Crippen LogP contribution in [0, 0.1) is 11.6 Å². The molecule has 0 bridgehead atoms. The summed E-state index contributed by atoms with van der Waals surface area (Å²) in [4.78, 5) is 13.3. The molecule has 0 unspecified atom stereocenters. The Bertz CT molecular complexity index is 668. The quantitative estimate of drug-likeness (QED) is 0.911. The van der Waals surface area contributed by atoms with Crippen LogP contribution in [0.5, 0.6) is 5.75 Å². The lowest BCUT2D eigenvalue weighted by atomic mass is 10.1. The highest BCUT2D eigenvalue weighted by Gasteiger charge is 2.21. The fourth-order valence-electron chi connectivity index (χ4n) is 1.94. The third kappa shape index (κ3) is 3.58. The Balaban J connectivity index is 2.24. The summed E-state index contributed by atoms with van der Waals surface area (Å²) >= 11 is 2.96. The Hall–Kier alpha value is -1.95. The molecule has 0 spiro atoms. The van der Waals surface area contributed by atoms with Crippen LogP contribution in [0.3, 0.4) is 0 Å². The molecule has 0 radical (unpaired) electrons. The number of carbonyl (C=O) groups excluding carboxylic acids is 1. The number of hydrogen-bond acceptors (Lipinski definition) is 2. The van der Waals surface area contributed by atoms with Gasteiger partial charge in [0.15, 0.2) is 0 Å². The number of halogens is 3. The number of rotatable bonds is 3. The minimum Gasteiger partial charge on any atom is -0.508 e. The first-order chi connectivity index (χ1) is 9.88. The number of phenols is 1. The van der Waals surface area contributed by atoms with Crippen molar-refractivity contribution >= 4 is 21.8 Å². The van der Waals surface area contributed by atoms with Gasteiger partial charge in [-0.05, 0) is 29.8 Å².